The highest BCUT2D eigenvalue weighted by Crippen LogP contribution is 2.28. The van der Waals surface area contributed by atoms with Crippen LogP contribution in [-0.2, 0) is 6.54 Å². The third-order valence-corrected chi connectivity index (χ3v) is 3.41. The molecule has 1 aromatic rings. The molecule has 0 aromatic carbocycles. The summed E-state index contributed by atoms with van der Waals surface area (Å²) in [7, 11) is 2.12. The standard InChI is InChI=1S/C13H22N2O/c1-11-5-6-12(16-11)9-15(2)10-13(14)7-3-4-8-13/h5-6H,3-4,7-10,14H2,1-2H3. The second-order valence-corrected chi connectivity index (χ2v) is 5.25. The zero-order chi connectivity index (χ0) is 11.6. The normalized spacial score (nSPS) is 19.5. The molecule has 0 radical (unpaired) electrons. The smallest absolute Gasteiger partial charge is 0.118 e. The van der Waals surface area contributed by atoms with Gasteiger partial charge in [-0.3, -0.25) is 4.90 Å². The molecule has 2 rings (SSSR count). The molecular formula is C13H22N2O. The van der Waals surface area contributed by atoms with Gasteiger partial charge in [0.25, 0.3) is 0 Å². The Balaban J connectivity index is 1.86. The van der Waals surface area contributed by atoms with Crippen molar-refractivity contribution in [2.75, 3.05) is 13.6 Å². The van der Waals surface area contributed by atoms with Gasteiger partial charge in [-0.1, -0.05) is 12.8 Å². The van der Waals surface area contributed by atoms with Crippen LogP contribution in [0.1, 0.15) is 37.2 Å². The number of rotatable bonds is 4. The van der Waals surface area contributed by atoms with E-state index in [0.717, 1.165) is 37.5 Å². The lowest BCUT2D eigenvalue weighted by Crippen LogP contribution is -2.46. The van der Waals surface area contributed by atoms with Crippen LogP contribution in [0.3, 0.4) is 0 Å². The quantitative estimate of drug-likeness (QED) is 0.850. The van der Waals surface area contributed by atoms with Gasteiger partial charge in [-0.2, -0.15) is 0 Å². The fourth-order valence-electron chi connectivity index (χ4n) is 2.67. The summed E-state index contributed by atoms with van der Waals surface area (Å²) in [5, 5.41) is 0. The van der Waals surface area contributed by atoms with E-state index in [4.69, 9.17) is 10.2 Å². The Hall–Kier alpha value is -0.800. The first kappa shape index (κ1) is 11.7. The average Bonchev–Trinajstić information content (AvgIpc) is 2.75. The number of hydrogen-bond acceptors (Lipinski definition) is 3. The fraction of sp³-hybridized carbons (Fsp3) is 0.692. The number of hydrogen-bond donors (Lipinski definition) is 1. The molecule has 1 saturated carbocycles. The van der Waals surface area contributed by atoms with Crippen molar-refractivity contribution in [3.05, 3.63) is 23.7 Å². The Labute approximate surface area is 97.6 Å². The molecule has 0 saturated heterocycles. The molecule has 1 aromatic heterocycles. The van der Waals surface area contributed by atoms with Gasteiger partial charge in [0, 0.05) is 12.1 Å². The molecule has 0 unspecified atom stereocenters. The molecule has 3 nitrogen and oxygen atoms in total. The van der Waals surface area contributed by atoms with E-state index in [1.807, 2.05) is 19.1 Å². The van der Waals surface area contributed by atoms with Crippen molar-refractivity contribution in [1.29, 1.82) is 0 Å². The summed E-state index contributed by atoms with van der Waals surface area (Å²) in [6.07, 6.45) is 4.89. The van der Waals surface area contributed by atoms with E-state index in [9.17, 15) is 0 Å². The van der Waals surface area contributed by atoms with Gasteiger partial charge >= 0.3 is 0 Å². The minimum Gasteiger partial charge on any atom is -0.465 e. The SMILES string of the molecule is Cc1ccc(CN(C)CC2(N)CCCC2)o1. The third kappa shape index (κ3) is 2.86. The summed E-state index contributed by atoms with van der Waals surface area (Å²) in [4.78, 5) is 2.27. The van der Waals surface area contributed by atoms with Crippen LogP contribution in [0.15, 0.2) is 16.5 Å². The zero-order valence-corrected chi connectivity index (χ0v) is 10.3. The van der Waals surface area contributed by atoms with Crippen LogP contribution < -0.4 is 5.73 Å². The predicted molar refractivity (Wildman–Crippen MR) is 65.2 cm³/mol. The number of aryl methyl sites for hydroxylation is 1. The van der Waals surface area contributed by atoms with Crippen molar-refractivity contribution in [3.63, 3.8) is 0 Å². The molecule has 16 heavy (non-hydrogen) atoms. The predicted octanol–water partition coefficient (Wildman–Crippen LogP) is 2.29. The maximum Gasteiger partial charge on any atom is 0.118 e. The molecule has 3 heteroatoms. The number of nitrogens with zero attached hydrogens (tertiary/aromatic N) is 1. The lowest BCUT2D eigenvalue weighted by molar-refractivity contribution is 0.225. The number of likely N-dealkylation sites (N-methyl/N-ethyl adjacent to an activating group) is 1. The first-order chi connectivity index (χ1) is 7.57. The van der Waals surface area contributed by atoms with Crippen LogP contribution in [0.25, 0.3) is 0 Å². The molecule has 0 bridgehead atoms. The molecule has 2 N–H and O–H groups in total. The van der Waals surface area contributed by atoms with Gasteiger partial charge in [0.05, 0.1) is 6.54 Å². The van der Waals surface area contributed by atoms with E-state index in [2.05, 4.69) is 11.9 Å². The molecular weight excluding hydrogens is 200 g/mol. The molecule has 1 aliphatic carbocycles. The van der Waals surface area contributed by atoms with Crippen LogP contribution in [0.4, 0.5) is 0 Å². The molecule has 1 fully saturated rings. The molecule has 0 spiro atoms. The molecule has 1 aliphatic rings. The van der Waals surface area contributed by atoms with Gasteiger partial charge in [-0.05, 0) is 38.9 Å². The lowest BCUT2D eigenvalue weighted by Gasteiger charge is -2.29. The van der Waals surface area contributed by atoms with Crippen LogP contribution in [0, 0.1) is 6.92 Å². The van der Waals surface area contributed by atoms with E-state index in [1.54, 1.807) is 0 Å². The summed E-state index contributed by atoms with van der Waals surface area (Å²) in [6, 6.07) is 4.06. The van der Waals surface area contributed by atoms with Crippen molar-refractivity contribution in [1.82, 2.24) is 4.90 Å². The highest BCUT2D eigenvalue weighted by molar-refractivity contribution is 5.05. The molecule has 1 heterocycles. The number of furan rings is 1. The largest absolute Gasteiger partial charge is 0.465 e. The van der Waals surface area contributed by atoms with E-state index < -0.39 is 0 Å². The first-order valence-electron chi connectivity index (χ1n) is 6.10. The Morgan fingerprint density at radius 2 is 2.06 bits per heavy atom. The van der Waals surface area contributed by atoms with Crippen LogP contribution in [-0.4, -0.2) is 24.0 Å². The second kappa shape index (κ2) is 4.60. The van der Waals surface area contributed by atoms with Crippen molar-refractivity contribution in [3.8, 4) is 0 Å². The zero-order valence-electron chi connectivity index (χ0n) is 10.3. The minimum atomic E-state index is 0.0381. The summed E-state index contributed by atoms with van der Waals surface area (Å²) in [5.41, 5.74) is 6.38. The maximum atomic E-state index is 6.35. The Morgan fingerprint density at radius 3 is 2.62 bits per heavy atom. The first-order valence-corrected chi connectivity index (χ1v) is 6.10. The van der Waals surface area contributed by atoms with E-state index in [1.165, 1.54) is 12.8 Å². The van der Waals surface area contributed by atoms with Crippen LogP contribution in [0.2, 0.25) is 0 Å². The van der Waals surface area contributed by atoms with Crippen LogP contribution >= 0.6 is 0 Å². The average molecular weight is 222 g/mol. The Bertz CT molecular complexity index is 339. The molecule has 0 atom stereocenters. The van der Waals surface area contributed by atoms with Gasteiger partial charge in [-0.25, -0.2) is 0 Å². The van der Waals surface area contributed by atoms with Crippen molar-refractivity contribution in [2.45, 2.75) is 44.7 Å². The number of nitrogens with two attached hydrogens (primary N) is 1. The van der Waals surface area contributed by atoms with Crippen molar-refractivity contribution < 1.29 is 4.42 Å². The Morgan fingerprint density at radius 1 is 1.38 bits per heavy atom. The van der Waals surface area contributed by atoms with E-state index in [0.29, 0.717) is 0 Å². The minimum absolute atomic E-state index is 0.0381. The summed E-state index contributed by atoms with van der Waals surface area (Å²) < 4.78 is 5.57. The summed E-state index contributed by atoms with van der Waals surface area (Å²) >= 11 is 0. The monoisotopic (exact) mass is 222 g/mol. The summed E-state index contributed by atoms with van der Waals surface area (Å²) in [6.45, 7) is 3.80. The van der Waals surface area contributed by atoms with Crippen molar-refractivity contribution >= 4 is 0 Å². The van der Waals surface area contributed by atoms with Gasteiger partial charge in [0.15, 0.2) is 0 Å². The topological polar surface area (TPSA) is 42.4 Å². The van der Waals surface area contributed by atoms with Crippen LogP contribution in [0.5, 0.6) is 0 Å². The highest BCUT2D eigenvalue weighted by atomic mass is 16.3. The van der Waals surface area contributed by atoms with E-state index >= 15 is 0 Å². The highest BCUT2D eigenvalue weighted by Gasteiger charge is 2.30. The fourth-order valence-corrected chi connectivity index (χ4v) is 2.67. The summed E-state index contributed by atoms with van der Waals surface area (Å²) in [5.74, 6) is 2.01. The molecule has 0 amide bonds. The molecule has 90 valence electrons. The third-order valence-electron chi connectivity index (χ3n) is 3.41. The lowest BCUT2D eigenvalue weighted by atomic mass is 9.99. The Kier molecular flexibility index (Phi) is 3.36. The van der Waals surface area contributed by atoms with Crippen molar-refractivity contribution in [2.24, 2.45) is 5.73 Å². The van der Waals surface area contributed by atoms with Gasteiger partial charge in [0.1, 0.15) is 11.5 Å². The van der Waals surface area contributed by atoms with Gasteiger partial charge in [-0.15, -0.1) is 0 Å². The van der Waals surface area contributed by atoms with Gasteiger partial charge in [0.2, 0.25) is 0 Å². The second-order valence-electron chi connectivity index (χ2n) is 5.25. The van der Waals surface area contributed by atoms with Gasteiger partial charge < -0.3 is 10.2 Å². The molecule has 0 aliphatic heterocycles. The van der Waals surface area contributed by atoms with E-state index in [-0.39, 0.29) is 5.54 Å². The maximum absolute atomic E-state index is 6.35.